The number of nitrogens with zero attached hydrogens (tertiary/aromatic N) is 3. The van der Waals surface area contributed by atoms with Crippen molar-refractivity contribution in [3.63, 3.8) is 0 Å². The van der Waals surface area contributed by atoms with E-state index < -0.39 is 0 Å². The number of fused-ring (bicyclic) bond motifs is 1. The van der Waals surface area contributed by atoms with Crippen molar-refractivity contribution < 1.29 is 9.53 Å². The number of carbonyl (C=O) groups is 1. The van der Waals surface area contributed by atoms with E-state index in [1.54, 1.807) is 11.3 Å². The van der Waals surface area contributed by atoms with Gasteiger partial charge in [0.1, 0.15) is 12.1 Å². The number of ether oxygens (including phenoxy) is 1. The zero-order chi connectivity index (χ0) is 22.8. The SMILES string of the molecule is CC1=C(C(=O)OC2CCCCC2)C(c2cccs2)n2nc(SCc3ccccc3Cl)nc2N1. The lowest BCUT2D eigenvalue weighted by Crippen LogP contribution is -2.31. The molecule has 1 aliphatic carbocycles. The summed E-state index contributed by atoms with van der Waals surface area (Å²) in [5.74, 6) is 1.02. The molecule has 0 saturated heterocycles. The number of thioether (sulfide) groups is 1. The number of halogens is 1. The molecule has 2 aliphatic rings. The number of anilines is 1. The highest BCUT2D eigenvalue weighted by atomic mass is 35.5. The average Bonchev–Trinajstić information content (AvgIpc) is 3.48. The van der Waals surface area contributed by atoms with Crippen LogP contribution in [0.3, 0.4) is 0 Å². The first kappa shape index (κ1) is 22.5. The Labute approximate surface area is 206 Å². The third kappa shape index (κ3) is 4.83. The van der Waals surface area contributed by atoms with Gasteiger partial charge in [-0.05, 0) is 55.7 Å². The number of thiophene rings is 1. The Morgan fingerprint density at radius 3 is 2.82 bits per heavy atom. The molecule has 0 bridgehead atoms. The van der Waals surface area contributed by atoms with Crippen LogP contribution in [-0.4, -0.2) is 26.8 Å². The summed E-state index contributed by atoms with van der Waals surface area (Å²) < 4.78 is 7.77. The molecule has 3 heterocycles. The van der Waals surface area contributed by atoms with E-state index in [9.17, 15) is 4.79 Å². The summed E-state index contributed by atoms with van der Waals surface area (Å²) in [6, 6.07) is 11.4. The highest BCUT2D eigenvalue weighted by molar-refractivity contribution is 7.98. The molecule has 1 atom stereocenters. The van der Waals surface area contributed by atoms with Gasteiger partial charge < -0.3 is 10.1 Å². The van der Waals surface area contributed by atoms with Crippen LogP contribution in [0.4, 0.5) is 5.95 Å². The summed E-state index contributed by atoms with van der Waals surface area (Å²) in [5.41, 5.74) is 2.39. The second-order valence-corrected chi connectivity index (χ2v) is 10.6. The van der Waals surface area contributed by atoms with Crippen LogP contribution in [0.25, 0.3) is 0 Å². The molecule has 5 rings (SSSR count). The summed E-state index contributed by atoms with van der Waals surface area (Å²) in [7, 11) is 0. The molecule has 3 aromatic rings. The molecule has 9 heteroatoms. The lowest BCUT2D eigenvalue weighted by Gasteiger charge is -2.29. The van der Waals surface area contributed by atoms with Crippen molar-refractivity contribution in [3.8, 4) is 0 Å². The Morgan fingerprint density at radius 2 is 2.06 bits per heavy atom. The number of carbonyl (C=O) groups excluding carboxylic acids is 1. The van der Waals surface area contributed by atoms with Crippen molar-refractivity contribution in [3.05, 3.63) is 68.5 Å². The maximum absolute atomic E-state index is 13.4. The highest BCUT2D eigenvalue weighted by Gasteiger charge is 2.36. The van der Waals surface area contributed by atoms with Gasteiger partial charge in [-0.15, -0.1) is 16.4 Å². The fraction of sp³-hybridized carbons (Fsp3) is 0.375. The van der Waals surface area contributed by atoms with Crippen molar-refractivity contribution in [2.45, 2.75) is 62.1 Å². The molecule has 1 saturated carbocycles. The first-order valence-electron chi connectivity index (χ1n) is 11.1. The maximum atomic E-state index is 13.4. The van der Waals surface area contributed by atoms with E-state index in [0.29, 0.717) is 22.4 Å². The van der Waals surface area contributed by atoms with Gasteiger partial charge in [0.15, 0.2) is 0 Å². The largest absolute Gasteiger partial charge is 0.459 e. The molecule has 172 valence electrons. The van der Waals surface area contributed by atoms with Gasteiger partial charge in [-0.1, -0.05) is 54.0 Å². The van der Waals surface area contributed by atoms with Crippen molar-refractivity contribution in [2.75, 3.05) is 5.32 Å². The van der Waals surface area contributed by atoms with Crippen LogP contribution in [0.2, 0.25) is 5.02 Å². The van der Waals surface area contributed by atoms with E-state index in [-0.39, 0.29) is 18.1 Å². The van der Waals surface area contributed by atoms with Gasteiger partial charge in [0.05, 0.1) is 5.57 Å². The molecule has 0 spiro atoms. The predicted octanol–water partition coefficient (Wildman–Crippen LogP) is 6.45. The highest BCUT2D eigenvalue weighted by Crippen LogP contribution is 2.39. The van der Waals surface area contributed by atoms with Crippen molar-refractivity contribution in [2.24, 2.45) is 0 Å². The van der Waals surface area contributed by atoms with Crippen LogP contribution in [0, 0.1) is 0 Å². The first-order valence-corrected chi connectivity index (χ1v) is 13.4. The fourth-order valence-corrected chi connectivity index (χ4v) is 6.26. The summed E-state index contributed by atoms with van der Waals surface area (Å²) in [5, 5.41) is 11.4. The minimum absolute atomic E-state index is 0.00517. The van der Waals surface area contributed by atoms with E-state index >= 15 is 0 Å². The van der Waals surface area contributed by atoms with Crippen LogP contribution in [0.15, 0.2) is 58.2 Å². The predicted molar refractivity (Wildman–Crippen MR) is 133 cm³/mol. The van der Waals surface area contributed by atoms with E-state index in [4.69, 9.17) is 26.4 Å². The number of allylic oxidation sites excluding steroid dienone is 1. The monoisotopic (exact) mass is 500 g/mol. The van der Waals surface area contributed by atoms with Gasteiger partial charge in [-0.3, -0.25) is 0 Å². The quantitative estimate of drug-likeness (QED) is 0.310. The second-order valence-electron chi connectivity index (χ2n) is 8.29. The summed E-state index contributed by atoms with van der Waals surface area (Å²) in [4.78, 5) is 19.1. The molecule has 1 fully saturated rings. The van der Waals surface area contributed by atoms with Gasteiger partial charge in [0.25, 0.3) is 0 Å². The average molecular weight is 501 g/mol. The Balaban J connectivity index is 1.42. The second kappa shape index (κ2) is 9.91. The smallest absolute Gasteiger partial charge is 0.338 e. The van der Waals surface area contributed by atoms with Crippen LogP contribution < -0.4 is 5.32 Å². The van der Waals surface area contributed by atoms with Gasteiger partial charge in [0, 0.05) is 21.3 Å². The normalized spacial score (nSPS) is 18.7. The summed E-state index contributed by atoms with van der Waals surface area (Å²) in [6.45, 7) is 1.91. The van der Waals surface area contributed by atoms with Gasteiger partial charge in [-0.25, -0.2) is 9.48 Å². The van der Waals surface area contributed by atoms with Gasteiger partial charge >= 0.3 is 5.97 Å². The van der Waals surface area contributed by atoms with E-state index in [1.165, 1.54) is 18.2 Å². The summed E-state index contributed by atoms with van der Waals surface area (Å²) in [6.07, 6.45) is 5.31. The number of nitrogens with one attached hydrogen (secondary N) is 1. The van der Waals surface area contributed by atoms with Gasteiger partial charge in [0.2, 0.25) is 11.1 Å². The molecule has 1 unspecified atom stereocenters. The van der Waals surface area contributed by atoms with E-state index in [2.05, 4.69) is 5.32 Å². The molecule has 1 aromatic carbocycles. The Bertz CT molecular complexity index is 1170. The molecular weight excluding hydrogens is 476 g/mol. The minimum atomic E-state index is -0.362. The Morgan fingerprint density at radius 1 is 1.24 bits per heavy atom. The third-order valence-corrected chi connectivity index (χ3v) is 8.19. The third-order valence-electron chi connectivity index (χ3n) is 6.01. The van der Waals surface area contributed by atoms with Crippen LogP contribution in [0.1, 0.15) is 55.5 Å². The Kier molecular flexibility index (Phi) is 6.76. The standard InChI is InChI=1S/C24H25ClN4O2S2/c1-15-20(22(30)31-17-9-3-2-4-10-17)21(19-12-7-13-32-19)29-23(26-15)27-24(28-29)33-14-16-8-5-6-11-18(16)25/h5-8,11-13,17,21H,2-4,9-10,14H2,1H3,(H,26,27,28). The van der Waals surface area contributed by atoms with Crippen molar-refractivity contribution in [1.29, 1.82) is 0 Å². The zero-order valence-corrected chi connectivity index (χ0v) is 20.7. The number of hydrogen-bond acceptors (Lipinski definition) is 7. The van der Waals surface area contributed by atoms with Crippen LogP contribution in [0.5, 0.6) is 0 Å². The van der Waals surface area contributed by atoms with Gasteiger partial charge in [-0.2, -0.15) is 4.98 Å². The number of rotatable bonds is 6. The fourth-order valence-electron chi connectivity index (χ4n) is 4.32. The number of benzene rings is 1. The summed E-state index contributed by atoms with van der Waals surface area (Å²) >= 11 is 9.43. The van der Waals surface area contributed by atoms with Crippen molar-refractivity contribution >= 4 is 46.6 Å². The van der Waals surface area contributed by atoms with E-state index in [1.807, 2.05) is 53.4 Å². The lowest BCUT2D eigenvalue weighted by atomic mass is 9.97. The number of esters is 1. The topological polar surface area (TPSA) is 69.0 Å². The zero-order valence-electron chi connectivity index (χ0n) is 18.3. The Hall–Kier alpha value is -2.29. The minimum Gasteiger partial charge on any atom is -0.459 e. The van der Waals surface area contributed by atoms with E-state index in [0.717, 1.165) is 46.8 Å². The molecule has 1 aliphatic heterocycles. The number of aromatic nitrogens is 3. The van der Waals surface area contributed by atoms with Crippen LogP contribution >= 0.6 is 34.7 Å². The molecule has 0 amide bonds. The molecule has 1 N–H and O–H groups in total. The molecule has 2 aromatic heterocycles. The molecule has 6 nitrogen and oxygen atoms in total. The molecule has 33 heavy (non-hydrogen) atoms. The maximum Gasteiger partial charge on any atom is 0.338 e. The first-order chi connectivity index (χ1) is 16.1. The number of hydrogen-bond donors (Lipinski definition) is 1. The van der Waals surface area contributed by atoms with Crippen molar-refractivity contribution in [1.82, 2.24) is 14.8 Å². The molecule has 0 radical (unpaired) electrons. The lowest BCUT2D eigenvalue weighted by molar-refractivity contribution is -0.146. The molecular formula is C24H25ClN4O2S2. The van der Waals surface area contributed by atoms with Crippen LogP contribution in [-0.2, 0) is 15.3 Å².